The van der Waals surface area contributed by atoms with Gasteiger partial charge in [-0.05, 0) is 13.0 Å². The Balaban J connectivity index is 1.94. The monoisotopic (exact) mass is 298 g/mol. The molecule has 0 aromatic rings. The van der Waals surface area contributed by atoms with E-state index in [9.17, 15) is 9.90 Å². The summed E-state index contributed by atoms with van der Waals surface area (Å²) in [6.45, 7) is 5.57. The molecular weight excluding hydrogens is 264 g/mol. The van der Waals surface area contributed by atoms with Crippen LogP contribution in [0.1, 0.15) is 71.1 Å². The molecule has 0 spiro atoms. The first-order chi connectivity index (χ1) is 10.3. The summed E-state index contributed by atoms with van der Waals surface area (Å²) >= 11 is 0. The Morgan fingerprint density at radius 1 is 1.05 bits per heavy atom. The molecule has 0 amide bonds. The summed E-state index contributed by atoms with van der Waals surface area (Å²) in [5.41, 5.74) is 0. The molecule has 0 bridgehead atoms. The lowest BCUT2D eigenvalue weighted by Gasteiger charge is -2.33. The number of carbonyl (C=O) groups is 1. The van der Waals surface area contributed by atoms with E-state index in [1.807, 2.05) is 0 Å². The maximum absolute atomic E-state index is 11.2. The summed E-state index contributed by atoms with van der Waals surface area (Å²) in [4.78, 5) is 13.3. The van der Waals surface area contributed by atoms with Crippen molar-refractivity contribution in [2.45, 2.75) is 77.2 Å². The van der Waals surface area contributed by atoms with Gasteiger partial charge in [-0.15, -0.1) is 0 Å². The number of rotatable bonds is 12. The van der Waals surface area contributed by atoms with E-state index in [4.69, 9.17) is 0 Å². The highest BCUT2D eigenvalue weighted by Gasteiger charge is 2.27. The zero-order chi connectivity index (χ0) is 15.3. The van der Waals surface area contributed by atoms with Crippen molar-refractivity contribution in [1.82, 2.24) is 10.2 Å². The van der Waals surface area contributed by atoms with Crippen LogP contribution in [0.15, 0.2) is 0 Å². The van der Waals surface area contributed by atoms with Gasteiger partial charge in [-0.2, -0.15) is 0 Å². The fraction of sp³-hybridized carbons (Fsp3) is 0.941. The lowest BCUT2D eigenvalue weighted by atomic mass is 10.1. The van der Waals surface area contributed by atoms with Crippen molar-refractivity contribution in [3.05, 3.63) is 0 Å². The maximum Gasteiger partial charge on any atom is 0.322 e. The second-order valence-corrected chi connectivity index (χ2v) is 6.28. The summed E-state index contributed by atoms with van der Waals surface area (Å²) in [7, 11) is 0. The van der Waals surface area contributed by atoms with Crippen LogP contribution < -0.4 is 5.32 Å². The molecule has 1 atom stereocenters. The molecule has 124 valence electrons. The normalized spacial score (nSPS) is 19.8. The average molecular weight is 298 g/mol. The van der Waals surface area contributed by atoms with Gasteiger partial charge >= 0.3 is 5.97 Å². The van der Waals surface area contributed by atoms with Gasteiger partial charge < -0.3 is 10.4 Å². The van der Waals surface area contributed by atoms with E-state index in [0.29, 0.717) is 6.54 Å². The summed E-state index contributed by atoms with van der Waals surface area (Å²) in [5, 5.41) is 12.4. The van der Waals surface area contributed by atoms with Crippen molar-refractivity contribution in [3.63, 3.8) is 0 Å². The first-order valence-corrected chi connectivity index (χ1v) is 8.93. The highest BCUT2D eigenvalue weighted by atomic mass is 16.4. The van der Waals surface area contributed by atoms with E-state index >= 15 is 0 Å². The van der Waals surface area contributed by atoms with Crippen molar-refractivity contribution in [2.24, 2.45) is 0 Å². The molecular formula is C17H34N2O2. The van der Waals surface area contributed by atoms with E-state index in [-0.39, 0.29) is 6.04 Å². The van der Waals surface area contributed by atoms with Crippen molar-refractivity contribution in [1.29, 1.82) is 0 Å². The SMILES string of the molecule is CCCCCCCCCCCCN1CCNCC1C(=O)O. The van der Waals surface area contributed by atoms with Crippen LogP contribution in [-0.2, 0) is 4.79 Å². The minimum atomic E-state index is -0.686. The Morgan fingerprint density at radius 3 is 2.19 bits per heavy atom. The topological polar surface area (TPSA) is 52.6 Å². The van der Waals surface area contributed by atoms with Crippen LogP contribution in [0.4, 0.5) is 0 Å². The fourth-order valence-corrected chi connectivity index (χ4v) is 3.06. The van der Waals surface area contributed by atoms with Gasteiger partial charge in [0, 0.05) is 19.6 Å². The number of hydrogen-bond acceptors (Lipinski definition) is 3. The summed E-state index contributed by atoms with van der Waals surface area (Å²) < 4.78 is 0. The van der Waals surface area contributed by atoms with Crippen LogP contribution >= 0.6 is 0 Å². The first kappa shape index (κ1) is 18.4. The van der Waals surface area contributed by atoms with Crippen molar-refractivity contribution in [3.8, 4) is 0 Å². The largest absolute Gasteiger partial charge is 0.480 e. The van der Waals surface area contributed by atoms with Gasteiger partial charge in [-0.25, -0.2) is 0 Å². The second-order valence-electron chi connectivity index (χ2n) is 6.28. The molecule has 0 aliphatic carbocycles. The number of nitrogens with zero attached hydrogens (tertiary/aromatic N) is 1. The van der Waals surface area contributed by atoms with E-state index in [0.717, 1.165) is 26.1 Å². The minimum absolute atomic E-state index is 0.322. The molecule has 21 heavy (non-hydrogen) atoms. The third kappa shape index (κ3) is 8.42. The van der Waals surface area contributed by atoms with Crippen molar-refractivity contribution in [2.75, 3.05) is 26.2 Å². The number of piperazine rings is 1. The van der Waals surface area contributed by atoms with Gasteiger partial charge in [0.1, 0.15) is 6.04 Å². The van der Waals surface area contributed by atoms with Gasteiger partial charge in [0.2, 0.25) is 0 Å². The molecule has 4 heteroatoms. The molecule has 0 saturated carbocycles. The van der Waals surface area contributed by atoms with Crippen molar-refractivity contribution < 1.29 is 9.90 Å². The van der Waals surface area contributed by atoms with E-state index < -0.39 is 5.97 Å². The zero-order valence-corrected chi connectivity index (χ0v) is 13.8. The molecule has 4 nitrogen and oxygen atoms in total. The maximum atomic E-state index is 11.2. The molecule has 1 fully saturated rings. The molecule has 0 radical (unpaired) electrons. The Bertz CT molecular complexity index is 272. The van der Waals surface area contributed by atoms with Gasteiger partial charge in [0.25, 0.3) is 0 Å². The third-order valence-electron chi connectivity index (χ3n) is 4.44. The Labute approximate surface area is 130 Å². The number of hydrogen-bond donors (Lipinski definition) is 2. The summed E-state index contributed by atoms with van der Waals surface area (Å²) in [6, 6.07) is -0.322. The Kier molecular flexibility index (Phi) is 10.5. The van der Waals surface area contributed by atoms with E-state index in [1.165, 1.54) is 57.8 Å². The third-order valence-corrected chi connectivity index (χ3v) is 4.44. The molecule has 2 N–H and O–H groups in total. The number of unbranched alkanes of at least 4 members (excludes halogenated alkanes) is 9. The highest BCUT2D eigenvalue weighted by Crippen LogP contribution is 2.12. The van der Waals surface area contributed by atoms with Gasteiger partial charge in [0.05, 0.1) is 0 Å². The molecule has 1 aliphatic rings. The standard InChI is InChI=1S/C17H34N2O2/c1-2-3-4-5-6-7-8-9-10-11-13-19-14-12-18-15-16(19)17(20)21/h16,18H,2-15H2,1H3,(H,20,21). The molecule has 1 aliphatic heterocycles. The van der Waals surface area contributed by atoms with Gasteiger partial charge in [-0.3, -0.25) is 9.69 Å². The summed E-state index contributed by atoms with van der Waals surface area (Å²) in [5.74, 6) is -0.686. The lowest BCUT2D eigenvalue weighted by molar-refractivity contribution is -0.143. The predicted molar refractivity (Wildman–Crippen MR) is 87.7 cm³/mol. The fourth-order valence-electron chi connectivity index (χ4n) is 3.06. The van der Waals surface area contributed by atoms with Gasteiger partial charge in [0.15, 0.2) is 0 Å². The van der Waals surface area contributed by atoms with E-state index in [2.05, 4.69) is 17.1 Å². The lowest BCUT2D eigenvalue weighted by Crippen LogP contribution is -2.55. The van der Waals surface area contributed by atoms with Crippen LogP contribution in [-0.4, -0.2) is 48.2 Å². The second kappa shape index (κ2) is 12.0. The minimum Gasteiger partial charge on any atom is -0.480 e. The molecule has 0 aromatic carbocycles. The van der Waals surface area contributed by atoms with E-state index in [1.54, 1.807) is 0 Å². The Morgan fingerprint density at radius 2 is 1.62 bits per heavy atom. The smallest absolute Gasteiger partial charge is 0.322 e. The van der Waals surface area contributed by atoms with Crippen molar-refractivity contribution >= 4 is 5.97 Å². The molecule has 1 unspecified atom stereocenters. The average Bonchev–Trinajstić information content (AvgIpc) is 2.49. The first-order valence-electron chi connectivity index (χ1n) is 8.93. The number of aliphatic carboxylic acids is 1. The van der Waals surface area contributed by atoms with Crippen LogP contribution in [0, 0.1) is 0 Å². The molecule has 1 rings (SSSR count). The van der Waals surface area contributed by atoms with Crippen LogP contribution in [0.25, 0.3) is 0 Å². The number of carboxylic acid groups (broad SMARTS) is 1. The quantitative estimate of drug-likeness (QED) is 0.543. The van der Waals surface area contributed by atoms with Crippen LogP contribution in [0.3, 0.4) is 0 Å². The Hall–Kier alpha value is -0.610. The number of carboxylic acids is 1. The molecule has 1 saturated heterocycles. The molecule has 0 aromatic heterocycles. The summed E-state index contributed by atoms with van der Waals surface area (Å²) in [6.07, 6.45) is 13.3. The highest BCUT2D eigenvalue weighted by molar-refractivity contribution is 5.73. The van der Waals surface area contributed by atoms with Crippen LogP contribution in [0.5, 0.6) is 0 Å². The van der Waals surface area contributed by atoms with Crippen LogP contribution in [0.2, 0.25) is 0 Å². The predicted octanol–water partition coefficient (Wildman–Crippen LogP) is 3.27. The molecule has 1 heterocycles. The number of nitrogens with one attached hydrogen (secondary N) is 1. The zero-order valence-electron chi connectivity index (χ0n) is 13.8. The van der Waals surface area contributed by atoms with Gasteiger partial charge in [-0.1, -0.05) is 64.7 Å².